The van der Waals surface area contributed by atoms with Crippen LogP contribution in [0.3, 0.4) is 0 Å². The summed E-state index contributed by atoms with van der Waals surface area (Å²) >= 11 is 0. The zero-order valence-corrected chi connectivity index (χ0v) is 17.7. The van der Waals surface area contributed by atoms with Crippen LogP contribution in [0.25, 0.3) is 6.08 Å². The molecule has 3 rings (SSSR count). The molecule has 1 atom stereocenters. The summed E-state index contributed by atoms with van der Waals surface area (Å²) in [5.41, 5.74) is -0.362. The van der Waals surface area contributed by atoms with Gasteiger partial charge in [0.15, 0.2) is 0 Å². The van der Waals surface area contributed by atoms with Crippen LogP contribution in [0.5, 0.6) is 0 Å². The molecule has 0 saturated heterocycles. The minimum atomic E-state index is -4.90. The van der Waals surface area contributed by atoms with Crippen LogP contribution in [-0.4, -0.2) is 12.6 Å². The number of hydrogen-bond acceptors (Lipinski definition) is 3. The summed E-state index contributed by atoms with van der Waals surface area (Å²) in [6, 6.07) is 6.92. The first-order chi connectivity index (χ1) is 15.5. The first-order valence-corrected chi connectivity index (χ1v) is 10.3. The van der Waals surface area contributed by atoms with Crippen LogP contribution in [0.2, 0.25) is 0 Å². The summed E-state index contributed by atoms with van der Waals surface area (Å²) in [6.07, 6.45) is -5.24. The summed E-state index contributed by atoms with van der Waals surface area (Å²) in [5, 5.41) is 0. The Bertz CT molecular complexity index is 992. The first-order valence-electron chi connectivity index (χ1n) is 10.3. The third kappa shape index (κ3) is 6.60. The van der Waals surface area contributed by atoms with Crippen molar-refractivity contribution < 1.29 is 40.6 Å². The molecule has 9 heteroatoms. The van der Waals surface area contributed by atoms with E-state index in [9.17, 15) is 31.1 Å². The number of aryl methyl sites for hydroxylation is 1. The molecule has 0 radical (unpaired) electrons. The molecule has 178 valence electrons. The molecule has 0 amide bonds. The van der Waals surface area contributed by atoms with Crippen molar-refractivity contribution in [1.82, 2.24) is 0 Å². The third-order valence-electron chi connectivity index (χ3n) is 5.22. The molecule has 0 N–H and O–H groups in total. The van der Waals surface area contributed by atoms with Crippen molar-refractivity contribution >= 4 is 12.0 Å². The van der Waals surface area contributed by atoms with Crippen molar-refractivity contribution in [3.8, 4) is 0 Å². The summed E-state index contributed by atoms with van der Waals surface area (Å²) in [4.78, 5) is 11.5. The van der Waals surface area contributed by atoms with Crippen molar-refractivity contribution in [2.45, 2.75) is 51.2 Å². The highest BCUT2D eigenvalue weighted by atomic mass is 19.4. The van der Waals surface area contributed by atoms with Gasteiger partial charge in [0.1, 0.15) is 0 Å². The fourth-order valence-electron chi connectivity index (χ4n) is 3.72. The summed E-state index contributed by atoms with van der Waals surface area (Å²) in [5.74, 6) is -0.462. The smallest absolute Gasteiger partial charge is 0.416 e. The van der Waals surface area contributed by atoms with E-state index < -0.39 is 35.6 Å². The van der Waals surface area contributed by atoms with Crippen molar-refractivity contribution in [1.29, 1.82) is 0 Å². The van der Waals surface area contributed by atoms with Gasteiger partial charge in [-0.05, 0) is 72.7 Å². The largest absolute Gasteiger partial charge is 0.463 e. The first kappa shape index (κ1) is 24.8. The summed E-state index contributed by atoms with van der Waals surface area (Å²) in [6.45, 7) is 1.58. The summed E-state index contributed by atoms with van der Waals surface area (Å²) < 4.78 is 89.1. The molecule has 1 aliphatic rings. The zero-order valence-electron chi connectivity index (χ0n) is 17.7. The van der Waals surface area contributed by atoms with E-state index in [1.165, 1.54) is 6.08 Å². The van der Waals surface area contributed by atoms with Gasteiger partial charge in [-0.3, -0.25) is 0 Å². The molecule has 0 aromatic heterocycles. The van der Waals surface area contributed by atoms with Crippen LogP contribution in [0, 0.1) is 0 Å². The van der Waals surface area contributed by atoms with Crippen molar-refractivity contribution in [2.24, 2.45) is 0 Å². The Kier molecular flexibility index (Phi) is 7.51. The minimum absolute atomic E-state index is 0.102. The van der Waals surface area contributed by atoms with Gasteiger partial charge in [0.2, 0.25) is 0 Å². The number of carbonyl (C=O) groups excluding carboxylic acids is 1. The molecule has 0 aliphatic heterocycles. The molecular weight excluding hydrogens is 450 g/mol. The minimum Gasteiger partial charge on any atom is -0.463 e. The maximum Gasteiger partial charge on any atom is 0.416 e. The highest BCUT2D eigenvalue weighted by molar-refractivity contribution is 5.87. The molecule has 2 aromatic carbocycles. The van der Waals surface area contributed by atoms with Gasteiger partial charge in [0.25, 0.3) is 0 Å². The second-order valence-electron chi connectivity index (χ2n) is 7.65. The standard InChI is InChI=1S/C24H22F6O3/c1-2-32-22(31)9-7-15-6-8-20-17(10-15)4-3-5-21(20)33-14-16-11-18(23(25,26)27)13-19(12-16)24(28,29)30/h6-13,21H,2-5,14H2,1H3/b9-7+. The predicted octanol–water partition coefficient (Wildman–Crippen LogP) is 6.89. The van der Waals surface area contributed by atoms with E-state index >= 15 is 0 Å². The van der Waals surface area contributed by atoms with E-state index in [-0.39, 0.29) is 24.8 Å². The Balaban J connectivity index is 1.78. The Hall–Kier alpha value is -2.81. The molecule has 0 bridgehead atoms. The van der Waals surface area contributed by atoms with Crippen LogP contribution in [0.15, 0.2) is 42.5 Å². The number of ether oxygens (including phenoxy) is 2. The number of fused-ring (bicyclic) bond motifs is 1. The Labute approximate surface area is 187 Å². The normalized spacial score (nSPS) is 16.6. The average Bonchev–Trinajstić information content (AvgIpc) is 2.75. The van der Waals surface area contributed by atoms with Crippen molar-refractivity contribution in [2.75, 3.05) is 6.61 Å². The van der Waals surface area contributed by atoms with Crippen LogP contribution < -0.4 is 0 Å². The van der Waals surface area contributed by atoms with E-state index in [0.717, 1.165) is 29.5 Å². The van der Waals surface area contributed by atoms with Gasteiger partial charge in [0.05, 0.1) is 30.4 Å². The quantitative estimate of drug-likeness (QED) is 0.261. The molecule has 0 heterocycles. The van der Waals surface area contributed by atoms with E-state index in [1.54, 1.807) is 25.1 Å². The molecular formula is C24H22F6O3. The van der Waals surface area contributed by atoms with Crippen molar-refractivity contribution in [3.05, 3.63) is 75.9 Å². The lowest BCUT2D eigenvalue weighted by Gasteiger charge is -2.26. The molecule has 3 nitrogen and oxygen atoms in total. The molecule has 0 spiro atoms. The Morgan fingerprint density at radius 3 is 2.30 bits per heavy atom. The lowest BCUT2D eigenvalue weighted by molar-refractivity contribution is -0.143. The van der Waals surface area contributed by atoms with Gasteiger partial charge in [-0.25, -0.2) is 4.79 Å². The predicted molar refractivity (Wildman–Crippen MR) is 109 cm³/mol. The van der Waals surface area contributed by atoms with E-state index in [2.05, 4.69) is 0 Å². The number of carbonyl (C=O) groups is 1. The topological polar surface area (TPSA) is 35.5 Å². The maximum atomic E-state index is 13.1. The fraction of sp³-hybridized carbons (Fsp3) is 0.375. The van der Waals surface area contributed by atoms with Gasteiger partial charge in [0, 0.05) is 6.08 Å². The monoisotopic (exact) mass is 472 g/mol. The maximum absolute atomic E-state index is 13.1. The number of rotatable bonds is 6. The molecule has 1 unspecified atom stereocenters. The van der Waals surface area contributed by atoms with Crippen molar-refractivity contribution in [3.63, 3.8) is 0 Å². The summed E-state index contributed by atoms with van der Waals surface area (Å²) in [7, 11) is 0. The second-order valence-corrected chi connectivity index (χ2v) is 7.65. The number of benzene rings is 2. The molecule has 2 aromatic rings. The van der Waals surface area contributed by atoms with Gasteiger partial charge in [-0.1, -0.05) is 18.2 Å². The van der Waals surface area contributed by atoms with E-state index in [1.807, 2.05) is 6.07 Å². The highest BCUT2D eigenvalue weighted by Gasteiger charge is 2.37. The second kappa shape index (κ2) is 9.99. The third-order valence-corrected chi connectivity index (χ3v) is 5.22. The lowest BCUT2D eigenvalue weighted by Crippen LogP contribution is -2.15. The van der Waals surface area contributed by atoms with Crippen LogP contribution in [0.4, 0.5) is 26.3 Å². The zero-order chi connectivity index (χ0) is 24.2. The van der Waals surface area contributed by atoms with Crippen LogP contribution in [0.1, 0.15) is 59.3 Å². The van der Waals surface area contributed by atoms with Gasteiger partial charge in [-0.15, -0.1) is 0 Å². The highest BCUT2D eigenvalue weighted by Crippen LogP contribution is 2.38. The molecule has 33 heavy (non-hydrogen) atoms. The number of esters is 1. The fourth-order valence-corrected chi connectivity index (χ4v) is 3.72. The molecule has 0 fully saturated rings. The van der Waals surface area contributed by atoms with E-state index in [4.69, 9.17) is 9.47 Å². The Morgan fingerprint density at radius 1 is 1.03 bits per heavy atom. The lowest BCUT2D eigenvalue weighted by atomic mass is 9.88. The SMILES string of the molecule is CCOC(=O)/C=C/c1ccc2c(c1)CCCC2OCc1cc(C(F)(F)F)cc(C(F)(F)F)c1. The van der Waals surface area contributed by atoms with Gasteiger partial charge in [-0.2, -0.15) is 26.3 Å². The van der Waals surface area contributed by atoms with Crippen LogP contribution in [-0.2, 0) is 39.6 Å². The van der Waals surface area contributed by atoms with E-state index in [0.29, 0.717) is 18.6 Å². The molecule has 0 saturated carbocycles. The Morgan fingerprint density at radius 2 is 1.70 bits per heavy atom. The number of halogens is 6. The van der Waals surface area contributed by atoms with Gasteiger partial charge < -0.3 is 9.47 Å². The number of alkyl halides is 6. The number of hydrogen-bond donors (Lipinski definition) is 0. The molecule has 1 aliphatic carbocycles. The average molecular weight is 472 g/mol. The van der Waals surface area contributed by atoms with Gasteiger partial charge >= 0.3 is 18.3 Å². The van der Waals surface area contributed by atoms with Crippen LogP contribution >= 0.6 is 0 Å².